The predicted octanol–water partition coefficient (Wildman–Crippen LogP) is 2.36. The molecule has 1 aliphatic rings. The molecule has 1 rings (SSSR count). The lowest BCUT2D eigenvalue weighted by molar-refractivity contribution is -0.137. The van der Waals surface area contributed by atoms with Gasteiger partial charge in [0, 0.05) is 18.5 Å². The van der Waals surface area contributed by atoms with Crippen LogP contribution in [0.2, 0.25) is 0 Å². The van der Waals surface area contributed by atoms with Crippen molar-refractivity contribution in [3.05, 3.63) is 0 Å². The molecule has 0 bridgehead atoms. The Morgan fingerprint density at radius 2 is 1.79 bits per heavy atom. The Labute approximate surface area is 115 Å². The Morgan fingerprint density at radius 1 is 1.21 bits per heavy atom. The van der Waals surface area contributed by atoms with Gasteiger partial charge in [-0.1, -0.05) is 13.8 Å². The number of nitrogens with one attached hydrogen (secondary N) is 2. The van der Waals surface area contributed by atoms with E-state index in [0.717, 1.165) is 12.8 Å². The van der Waals surface area contributed by atoms with Crippen molar-refractivity contribution in [3.8, 4) is 0 Å². The third-order valence-corrected chi connectivity index (χ3v) is 3.68. The van der Waals surface area contributed by atoms with E-state index in [1.165, 1.54) is 6.42 Å². The molecule has 0 radical (unpaired) electrons. The highest BCUT2D eigenvalue weighted by molar-refractivity contribution is 5.74. The fourth-order valence-corrected chi connectivity index (χ4v) is 2.93. The Balaban J connectivity index is 2.28. The molecule has 0 spiro atoms. The van der Waals surface area contributed by atoms with Crippen LogP contribution in [-0.4, -0.2) is 29.2 Å². The van der Waals surface area contributed by atoms with Crippen molar-refractivity contribution >= 4 is 12.0 Å². The third-order valence-electron chi connectivity index (χ3n) is 3.68. The predicted molar refractivity (Wildman–Crippen MR) is 74.0 cm³/mol. The molecule has 110 valence electrons. The first kappa shape index (κ1) is 15.8. The fourth-order valence-electron chi connectivity index (χ4n) is 2.93. The highest BCUT2D eigenvalue weighted by atomic mass is 16.4. The lowest BCUT2D eigenvalue weighted by Gasteiger charge is -2.32. The summed E-state index contributed by atoms with van der Waals surface area (Å²) in [6.07, 6.45) is 3.83. The number of hydrogen-bond acceptors (Lipinski definition) is 2. The van der Waals surface area contributed by atoms with E-state index in [1.54, 1.807) is 0 Å². The maximum atomic E-state index is 11.8. The molecule has 19 heavy (non-hydrogen) atoms. The van der Waals surface area contributed by atoms with Crippen LogP contribution in [0.25, 0.3) is 0 Å². The third kappa shape index (κ3) is 6.45. The Kier molecular flexibility index (Phi) is 6.12. The van der Waals surface area contributed by atoms with Gasteiger partial charge in [0.1, 0.15) is 0 Å². The van der Waals surface area contributed by atoms with Gasteiger partial charge in [-0.25, -0.2) is 4.79 Å². The average molecular weight is 270 g/mol. The van der Waals surface area contributed by atoms with E-state index in [2.05, 4.69) is 24.5 Å². The van der Waals surface area contributed by atoms with Crippen molar-refractivity contribution in [3.63, 3.8) is 0 Å². The number of amides is 2. The van der Waals surface area contributed by atoms with E-state index >= 15 is 0 Å². The van der Waals surface area contributed by atoms with E-state index in [1.807, 2.05) is 6.92 Å². The summed E-state index contributed by atoms with van der Waals surface area (Å²) in [5.74, 6) is 0.473. The Morgan fingerprint density at radius 3 is 2.32 bits per heavy atom. The minimum Gasteiger partial charge on any atom is -0.481 e. The van der Waals surface area contributed by atoms with Crippen molar-refractivity contribution in [1.29, 1.82) is 0 Å². The number of aliphatic carboxylic acids is 1. The van der Waals surface area contributed by atoms with Crippen molar-refractivity contribution in [1.82, 2.24) is 10.6 Å². The molecular weight excluding hydrogens is 244 g/mol. The minimum atomic E-state index is -0.830. The molecule has 5 nitrogen and oxygen atoms in total. The van der Waals surface area contributed by atoms with Gasteiger partial charge in [-0.15, -0.1) is 0 Å². The SMILES string of the molecule is CC1CC(C)CC(NC(=O)NC(C)CCC(=O)O)C1. The molecule has 1 saturated carbocycles. The molecule has 0 aliphatic heterocycles. The van der Waals surface area contributed by atoms with Gasteiger partial charge in [0.05, 0.1) is 0 Å². The number of carbonyl (C=O) groups is 2. The van der Waals surface area contributed by atoms with Crippen molar-refractivity contribution in [2.45, 2.75) is 65.0 Å². The molecule has 0 heterocycles. The second-order valence-electron chi connectivity index (χ2n) is 6.07. The number of carboxylic acid groups (broad SMARTS) is 1. The zero-order valence-corrected chi connectivity index (χ0v) is 12.1. The smallest absolute Gasteiger partial charge is 0.315 e. The highest BCUT2D eigenvalue weighted by Gasteiger charge is 2.25. The van der Waals surface area contributed by atoms with E-state index in [-0.39, 0.29) is 24.5 Å². The quantitative estimate of drug-likeness (QED) is 0.717. The second-order valence-corrected chi connectivity index (χ2v) is 6.07. The van der Waals surface area contributed by atoms with Gasteiger partial charge in [-0.3, -0.25) is 4.79 Å². The molecule has 1 aliphatic carbocycles. The molecule has 0 aromatic carbocycles. The van der Waals surface area contributed by atoms with Gasteiger partial charge < -0.3 is 15.7 Å². The summed E-state index contributed by atoms with van der Waals surface area (Å²) >= 11 is 0. The van der Waals surface area contributed by atoms with Crippen molar-refractivity contribution < 1.29 is 14.7 Å². The van der Waals surface area contributed by atoms with Crippen LogP contribution in [0.1, 0.15) is 52.9 Å². The first-order chi connectivity index (χ1) is 8.86. The Hall–Kier alpha value is -1.26. The fraction of sp³-hybridized carbons (Fsp3) is 0.857. The van der Waals surface area contributed by atoms with Crippen LogP contribution in [0.5, 0.6) is 0 Å². The summed E-state index contributed by atoms with van der Waals surface area (Å²) < 4.78 is 0. The summed E-state index contributed by atoms with van der Waals surface area (Å²) in [5, 5.41) is 14.4. The maximum Gasteiger partial charge on any atom is 0.315 e. The molecule has 3 atom stereocenters. The van der Waals surface area contributed by atoms with Crippen molar-refractivity contribution in [2.24, 2.45) is 11.8 Å². The van der Waals surface area contributed by atoms with E-state index in [4.69, 9.17) is 5.11 Å². The molecule has 0 saturated heterocycles. The van der Waals surface area contributed by atoms with Crippen LogP contribution in [-0.2, 0) is 4.79 Å². The first-order valence-electron chi connectivity index (χ1n) is 7.15. The van der Waals surface area contributed by atoms with Crippen LogP contribution in [0.15, 0.2) is 0 Å². The number of urea groups is 1. The molecule has 3 N–H and O–H groups in total. The summed E-state index contributed by atoms with van der Waals surface area (Å²) in [4.78, 5) is 22.3. The average Bonchev–Trinajstić information content (AvgIpc) is 2.24. The Bertz CT molecular complexity index is 310. The molecule has 3 unspecified atom stereocenters. The molecule has 5 heteroatoms. The number of carbonyl (C=O) groups excluding carboxylic acids is 1. The lowest BCUT2D eigenvalue weighted by Crippen LogP contribution is -2.47. The van der Waals surface area contributed by atoms with Crippen LogP contribution >= 0.6 is 0 Å². The van der Waals surface area contributed by atoms with Crippen molar-refractivity contribution in [2.75, 3.05) is 0 Å². The number of rotatable bonds is 5. The zero-order chi connectivity index (χ0) is 14.4. The summed E-state index contributed by atoms with van der Waals surface area (Å²) in [7, 11) is 0. The van der Waals surface area contributed by atoms with E-state index in [9.17, 15) is 9.59 Å². The normalized spacial score (nSPS) is 28.5. The first-order valence-corrected chi connectivity index (χ1v) is 7.15. The lowest BCUT2D eigenvalue weighted by atomic mass is 9.80. The highest BCUT2D eigenvalue weighted by Crippen LogP contribution is 2.28. The molecule has 2 amide bonds. The van der Waals surface area contributed by atoms with Gasteiger partial charge >= 0.3 is 12.0 Å². The van der Waals surface area contributed by atoms with E-state index in [0.29, 0.717) is 18.3 Å². The van der Waals surface area contributed by atoms with Crippen LogP contribution < -0.4 is 10.6 Å². The van der Waals surface area contributed by atoms with Gasteiger partial charge in [0.15, 0.2) is 0 Å². The second kappa shape index (κ2) is 7.36. The van der Waals surface area contributed by atoms with Crippen LogP contribution in [0.4, 0.5) is 4.79 Å². The number of carboxylic acids is 1. The van der Waals surface area contributed by atoms with Crippen LogP contribution in [0.3, 0.4) is 0 Å². The van der Waals surface area contributed by atoms with Gasteiger partial charge in [-0.2, -0.15) is 0 Å². The minimum absolute atomic E-state index is 0.0823. The standard InChI is InChI=1S/C14H26N2O3/c1-9-6-10(2)8-12(7-9)16-14(19)15-11(3)4-5-13(17)18/h9-12H,4-8H2,1-3H3,(H,17,18)(H2,15,16,19). The topological polar surface area (TPSA) is 78.4 Å². The van der Waals surface area contributed by atoms with Gasteiger partial charge in [0.2, 0.25) is 0 Å². The molecule has 0 aromatic heterocycles. The summed E-state index contributed by atoms with van der Waals surface area (Å²) in [6.45, 7) is 6.27. The van der Waals surface area contributed by atoms with E-state index < -0.39 is 5.97 Å². The van der Waals surface area contributed by atoms with Gasteiger partial charge in [-0.05, 0) is 44.4 Å². The van der Waals surface area contributed by atoms with Gasteiger partial charge in [0.25, 0.3) is 0 Å². The molecular formula is C14H26N2O3. The van der Waals surface area contributed by atoms with Crippen LogP contribution in [0, 0.1) is 11.8 Å². The summed E-state index contributed by atoms with van der Waals surface area (Å²) in [6, 6.07) is -0.0517. The molecule has 0 aromatic rings. The zero-order valence-electron chi connectivity index (χ0n) is 12.1. The monoisotopic (exact) mass is 270 g/mol. The summed E-state index contributed by atoms with van der Waals surface area (Å²) in [5.41, 5.74) is 0. The largest absolute Gasteiger partial charge is 0.481 e. The molecule has 1 fully saturated rings. The number of hydrogen-bond donors (Lipinski definition) is 3. The maximum absolute atomic E-state index is 11.8.